The molecule has 8 nitrogen and oxygen atoms in total. The summed E-state index contributed by atoms with van der Waals surface area (Å²) in [6.07, 6.45) is 0. The summed E-state index contributed by atoms with van der Waals surface area (Å²) in [5, 5.41) is 2.52. The van der Waals surface area contributed by atoms with E-state index in [1.165, 1.54) is 38.2 Å². The number of carbonyl (C=O) groups excluding carboxylic acids is 2. The normalized spacial score (nSPS) is 12.3. The fraction of sp³-hybridized carbons (Fsp3) is 0.364. The summed E-state index contributed by atoms with van der Waals surface area (Å²) in [5.74, 6) is -1.48. The van der Waals surface area contributed by atoms with Gasteiger partial charge in [-0.25, -0.2) is 8.70 Å². The Morgan fingerprint density at radius 3 is 2.09 bits per heavy atom. The van der Waals surface area contributed by atoms with Crippen LogP contribution in [-0.4, -0.2) is 63.2 Å². The molecule has 0 aliphatic carbocycles. The van der Waals surface area contributed by atoms with Crippen LogP contribution in [0.5, 0.6) is 0 Å². The summed E-state index contributed by atoms with van der Waals surface area (Å²) < 4.78 is 41.1. The molecule has 1 N–H and O–H groups in total. The van der Waals surface area contributed by atoms with E-state index < -0.39 is 34.5 Å². The van der Waals surface area contributed by atoms with Crippen molar-refractivity contribution in [1.82, 2.24) is 14.5 Å². The number of likely N-dealkylation sites (N-methyl/N-ethyl adjacent to an activating group) is 1. The van der Waals surface area contributed by atoms with E-state index in [0.717, 1.165) is 31.9 Å². The fourth-order valence-corrected chi connectivity index (χ4v) is 4.06. The summed E-state index contributed by atoms with van der Waals surface area (Å²) in [6.45, 7) is 3.08. The van der Waals surface area contributed by atoms with E-state index in [0.29, 0.717) is 0 Å². The second-order valence-corrected chi connectivity index (χ2v) is 9.64. The first kappa shape index (κ1) is 25.3. The van der Waals surface area contributed by atoms with Crippen molar-refractivity contribution in [3.8, 4) is 0 Å². The highest BCUT2D eigenvalue weighted by molar-refractivity contribution is 7.90. The van der Waals surface area contributed by atoms with E-state index in [1.54, 1.807) is 6.92 Å². The Morgan fingerprint density at radius 2 is 1.59 bits per heavy atom. The summed E-state index contributed by atoms with van der Waals surface area (Å²) >= 11 is 0. The molecule has 0 heterocycles. The van der Waals surface area contributed by atoms with E-state index in [-0.39, 0.29) is 18.1 Å². The smallest absolute Gasteiger partial charge is 0.304 e. The summed E-state index contributed by atoms with van der Waals surface area (Å²) in [6, 6.07) is 11.5. The Bertz CT molecular complexity index is 1040. The van der Waals surface area contributed by atoms with E-state index in [2.05, 4.69) is 5.32 Å². The zero-order valence-electron chi connectivity index (χ0n) is 18.9. The highest BCUT2D eigenvalue weighted by Gasteiger charge is 2.32. The first-order valence-electron chi connectivity index (χ1n) is 9.99. The van der Waals surface area contributed by atoms with Gasteiger partial charge in [0.1, 0.15) is 18.4 Å². The summed E-state index contributed by atoms with van der Waals surface area (Å²) in [5.41, 5.74) is 1.98. The maximum atomic E-state index is 13.4. The van der Waals surface area contributed by atoms with Gasteiger partial charge < -0.3 is 10.2 Å². The van der Waals surface area contributed by atoms with Crippen molar-refractivity contribution in [2.24, 2.45) is 0 Å². The first-order chi connectivity index (χ1) is 15.0. The second kappa shape index (κ2) is 10.6. The van der Waals surface area contributed by atoms with Crippen molar-refractivity contribution in [2.45, 2.75) is 26.4 Å². The topological polar surface area (TPSA) is 90.0 Å². The van der Waals surface area contributed by atoms with E-state index in [9.17, 15) is 22.4 Å². The lowest BCUT2D eigenvalue weighted by molar-refractivity contribution is -0.139. The van der Waals surface area contributed by atoms with Gasteiger partial charge >= 0.3 is 10.2 Å². The van der Waals surface area contributed by atoms with Crippen molar-refractivity contribution in [2.75, 3.05) is 32.0 Å². The van der Waals surface area contributed by atoms with Gasteiger partial charge in [0.05, 0.1) is 5.69 Å². The molecule has 0 saturated heterocycles. The minimum Gasteiger partial charge on any atom is -0.357 e. The number of nitrogens with zero attached hydrogens (tertiary/aromatic N) is 3. The maximum absolute atomic E-state index is 13.4. The maximum Gasteiger partial charge on any atom is 0.304 e. The lowest BCUT2D eigenvalue weighted by atomic mass is 10.1. The van der Waals surface area contributed by atoms with Crippen LogP contribution in [-0.2, 0) is 26.3 Å². The van der Waals surface area contributed by atoms with Crippen LogP contribution in [0.3, 0.4) is 0 Å². The molecule has 0 aliphatic heterocycles. The van der Waals surface area contributed by atoms with E-state index in [4.69, 9.17) is 0 Å². The largest absolute Gasteiger partial charge is 0.357 e. The molecule has 0 aromatic heterocycles. The zero-order chi connectivity index (χ0) is 24.1. The molecule has 1 atom stereocenters. The molecule has 174 valence electrons. The van der Waals surface area contributed by atoms with Crippen LogP contribution in [0.4, 0.5) is 10.1 Å². The molecule has 10 heteroatoms. The number of hydrogen-bond donors (Lipinski definition) is 1. The van der Waals surface area contributed by atoms with Crippen LogP contribution >= 0.6 is 0 Å². The molecular weight excluding hydrogens is 435 g/mol. The van der Waals surface area contributed by atoms with Gasteiger partial charge in [-0.2, -0.15) is 12.7 Å². The lowest BCUT2D eigenvalue weighted by Crippen LogP contribution is -2.52. The molecule has 0 fully saturated rings. The predicted octanol–water partition coefficient (Wildman–Crippen LogP) is 1.91. The third-order valence-electron chi connectivity index (χ3n) is 5.02. The van der Waals surface area contributed by atoms with Gasteiger partial charge in [-0.05, 0) is 43.7 Å². The molecule has 2 amide bonds. The average Bonchev–Trinajstić information content (AvgIpc) is 2.76. The number of amides is 2. The molecule has 1 unspecified atom stereocenters. The number of rotatable bonds is 9. The third kappa shape index (κ3) is 6.04. The highest BCUT2D eigenvalue weighted by Crippen LogP contribution is 2.21. The van der Waals surface area contributed by atoms with Gasteiger partial charge in [0.2, 0.25) is 11.8 Å². The number of carbonyl (C=O) groups is 2. The number of halogens is 1. The van der Waals surface area contributed by atoms with Gasteiger partial charge in [0.25, 0.3) is 0 Å². The van der Waals surface area contributed by atoms with Crippen LogP contribution in [0.2, 0.25) is 0 Å². The Hall–Kier alpha value is -2.98. The standard InChI is InChI=1S/C22H29FN4O4S/c1-16-6-8-18(9-7-16)14-26(17(2)22(29)24-3)21(28)15-27(32(30,31)25(4)5)20-12-10-19(23)11-13-20/h6-13,17H,14-15H2,1-5H3,(H,24,29). The average molecular weight is 465 g/mol. The quantitative estimate of drug-likeness (QED) is 0.614. The minimum atomic E-state index is -4.07. The number of nitrogens with one attached hydrogen (secondary N) is 1. The molecule has 0 spiro atoms. The first-order valence-corrected chi connectivity index (χ1v) is 11.4. The van der Waals surface area contributed by atoms with E-state index in [1.807, 2.05) is 31.2 Å². The Morgan fingerprint density at radius 1 is 1.03 bits per heavy atom. The predicted molar refractivity (Wildman–Crippen MR) is 122 cm³/mol. The summed E-state index contributed by atoms with van der Waals surface area (Å²) in [4.78, 5) is 27.0. The Balaban J connectivity index is 2.42. The van der Waals surface area contributed by atoms with Crippen LogP contribution in [0, 0.1) is 12.7 Å². The van der Waals surface area contributed by atoms with Gasteiger partial charge in [-0.1, -0.05) is 29.8 Å². The molecule has 0 saturated carbocycles. The number of aryl methyl sites for hydroxylation is 1. The zero-order valence-corrected chi connectivity index (χ0v) is 19.7. The molecule has 2 aromatic carbocycles. The van der Waals surface area contributed by atoms with Gasteiger partial charge in [0.15, 0.2) is 0 Å². The molecular formula is C22H29FN4O4S. The van der Waals surface area contributed by atoms with Crippen LogP contribution in [0.25, 0.3) is 0 Å². The SMILES string of the molecule is CNC(=O)C(C)N(Cc1ccc(C)cc1)C(=O)CN(c1ccc(F)cc1)S(=O)(=O)N(C)C. The fourth-order valence-electron chi connectivity index (χ4n) is 3.01. The van der Waals surface area contributed by atoms with Crippen molar-refractivity contribution >= 4 is 27.7 Å². The number of hydrogen-bond acceptors (Lipinski definition) is 4. The second-order valence-electron chi connectivity index (χ2n) is 7.57. The molecule has 2 rings (SSSR count). The highest BCUT2D eigenvalue weighted by atomic mass is 32.2. The Labute approximate surface area is 188 Å². The monoisotopic (exact) mass is 464 g/mol. The van der Waals surface area contributed by atoms with Crippen molar-refractivity contribution in [3.63, 3.8) is 0 Å². The molecule has 32 heavy (non-hydrogen) atoms. The van der Waals surface area contributed by atoms with Crippen molar-refractivity contribution < 1.29 is 22.4 Å². The molecule has 2 aromatic rings. The Kier molecular flexibility index (Phi) is 8.34. The summed E-state index contributed by atoms with van der Waals surface area (Å²) in [7, 11) is 0.0813. The van der Waals surface area contributed by atoms with Crippen molar-refractivity contribution in [3.05, 3.63) is 65.5 Å². The third-order valence-corrected chi connectivity index (χ3v) is 6.84. The molecule has 0 aliphatic rings. The van der Waals surface area contributed by atoms with Crippen molar-refractivity contribution in [1.29, 1.82) is 0 Å². The van der Waals surface area contributed by atoms with E-state index >= 15 is 0 Å². The number of benzene rings is 2. The molecule has 0 bridgehead atoms. The van der Waals surface area contributed by atoms with Gasteiger partial charge in [-0.15, -0.1) is 0 Å². The number of anilines is 1. The minimum absolute atomic E-state index is 0.118. The van der Waals surface area contributed by atoms with Crippen LogP contribution < -0.4 is 9.62 Å². The van der Waals surface area contributed by atoms with Crippen LogP contribution in [0.1, 0.15) is 18.1 Å². The van der Waals surface area contributed by atoms with Crippen LogP contribution in [0.15, 0.2) is 48.5 Å². The van der Waals surface area contributed by atoms with Gasteiger partial charge in [-0.3, -0.25) is 9.59 Å². The lowest BCUT2D eigenvalue weighted by Gasteiger charge is -2.32. The molecule has 0 radical (unpaired) electrons. The van der Waals surface area contributed by atoms with Gasteiger partial charge in [0, 0.05) is 27.7 Å².